The number of carboxylic acid groups (broad SMARTS) is 1. The highest BCUT2D eigenvalue weighted by Crippen LogP contribution is 2.11. The number of aliphatic carboxylic acids is 1. The van der Waals surface area contributed by atoms with Crippen molar-refractivity contribution in [2.24, 2.45) is 5.92 Å². The summed E-state index contributed by atoms with van der Waals surface area (Å²) in [5.74, 6) is -0.841. The molecule has 2 heteroatoms. The summed E-state index contributed by atoms with van der Waals surface area (Å²) in [5.41, 5.74) is 0. The SMILES string of the molecule is CCC/C=C/CCCCCCC(C)C(=O)O. The van der Waals surface area contributed by atoms with Gasteiger partial charge in [-0.15, -0.1) is 0 Å². The Morgan fingerprint density at radius 1 is 1.12 bits per heavy atom. The molecule has 0 saturated heterocycles. The van der Waals surface area contributed by atoms with Crippen molar-refractivity contribution in [1.29, 1.82) is 0 Å². The van der Waals surface area contributed by atoms with Crippen molar-refractivity contribution in [3.8, 4) is 0 Å². The van der Waals surface area contributed by atoms with Gasteiger partial charge >= 0.3 is 5.97 Å². The van der Waals surface area contributed by atoms with Gasteiger partial charge in [0.1, 0.15) is 0 Å². The second kappa shape index (κ2) is 10.7. The summed E-state index contributed by atoms with van der Waals surface area (Å²) in [6.45, 7) is 3.98. The molecule has 0 fully saturated rings. The zero-order valence-electron chi connectivity index (χ0n) is 10.7. The van der Waals surface area contributed by atoms with E-state index in [2.05, 4.69) is 19.1 Å². The molecule has 16 heavy (non-hydrogen) atoms. The van der Waals surface area contributed by atoms with Crippen LogP contribution in [0, 0.1) is 5.92 Å². The molecular weight excluding hydrogens is 200 g/mol. The van der Waals surface area contributed by atoms with Crippen LogP contribution in [0.5, 0.6) is 0 Å². The molecule has 0 spiro atoms. The molecule has 0 aromatic carbocycles. The second-order valence-electron chi connectivity index (χ2n) is 4.49. The zero-order valence-corrected chi connectivity index (χ0v) is 10.7. The van der Waals surface area contributed by atoms with Crippen LogP contribution in [-0.4, -0.2) is 11.1 Å². The fourth-order valence-corrected chi connectivity index (χ4v) is 1.59. The Bertz CT molecular complexity index is 197. The predicted molar refractivity (Wildman–Crippen MR) is 68.5 cm³/mol. The van der Waals surface area contributed by atoms with Gasteiger partial charge in [-0.25, -0.2) is 0 Å². The summed E-state index contributed by atoms with van der Waals surface area (Å²) >= 11 is 0. The van der Waals surface area contributed by atoms with E-state index in [4.69, 9.17) is 5.11 Å². The summed E-state index contributed by atoms with van der Waals surface area (Å²) in [5, 5.41) is 8.70. The van der Waals surface area contributed by atoms with Gasteiger partial charge in [0.2, 0.25) is 0 Å². The maximum absolute atomic E-state index is 10.6. The van der Waals surface area contributed by atoms with Crippen LogP contribution < -0.4 is 0 Å². The van der Waals surface area contributed by atoms with Crippen molar-refractivity contribution < 1.29 is 9.90 Å². The van der Waals surface area contributed by atoms with Gasteiger partial charge in [0.15, 0.2) is 0 Å². The number of carboxylic acids is 1. The van der Waals surface area contributed by atoms with Crippen LogP contribution in [0.25, 0.3) is 0 Å². The van der Waals surface area contributed by atoms with Gasteiger partial charge in [0.25, 0.3) is 0 Å². The monoisotopic (exact) mass is 226 g/mol. The van der Waals surface area contributed by atoms with E-state index in [0.29, 0.717) is 0 Å². The molecule has 0 heterocycles. The van der Waals surface area contributed by atoms with Gasteiger partial charge in [-0.3, -0.25) is 4.79 Å². The molecule has 1 N–H and O–H groups in total. The van der Waals surface area contributed by atoms with Gasteiger partial charge in [-0.2, -0.15) is 0 Å². The third kappa shape index (κ3) is 9.75. The fourth-order valence-electron chi connectivity index (χ4n) is 1.59. The molecule has 0 saturated carbocycles. The number of carbonyl (C=O) groups is 1. The minimum Gasteiger partial charge on any atom is -0.481 e. The van der Waals surface area contributed by atoms with Crippen molar-refractivity contribution in [3.05, 3.63) is 12.2 Å². The first-order chi connectivity index (χ1) is 7.68. The number of rotatable bonds is 10. The molecule has 0 radical (unpaired) electrons. The van der Waals surface area contributed by atoms with E-state index in [1.54, 1.807) is 6.92 Å². The molecule has 1 atom stereocenters. The Morgan fingerprint density at radius 2 is 1.75 bits per heavy atom. The van der Waals surface area contributed by atoms with Crippen molar-refractivity contribution in [2.75, 3.05) is 0 Å². The van der Waals surface area contributed by atoms with Crippen LogP contribution in [0.15, 0.2) is 12.2 Å². The Kier molecular flexibility index (Phi) is 10.2. The third-order valence-corrected chi connectivity index (χ3v) is 2.80. The van der Waals surface area contributed by atoms with Gasteiger partial charge in [-0.1, -0.05) is 51.7 Å². The lowest BCUT2D eigenvalue weighted by atomic mass is 10.0. The average Bonchev–Trinajstić information content (AvgIpc) is 2.26. The van der Waals surface area contributed by atoms with Gasteiger partial charge < -0.3 is 5.11 Å². The molecule has 0 aromatic rings. The van der Waals surface area contributed by atoms with E-state index in [1.165, 1.54) is 38.5 Å². The van der Waals surface area contributed by atoms with Crippen LogP contribution in [0.1, 0.15) is 65.2 Å². The Hall–Kier alpha value is -0.790. The molecule has 0 rings (SSSR count). The molecule has 0 aliphatic rings. The van der Waals surface area contributed by atoms with Crippen LogP contribution in [0.4, 0.5) is 0 Å². The lowest BCUT2D eigenvalue weighted by Crippen LogP contribution is -2.08. The molecule has 0 aliphatic heterocycles. The lowest BCUT2D eigenvalue weighted by molar-refractivity contribution is -0.141. The van der Waals surface area contributed by atoms with Crippen LogP contribution in [-0.2, 0) is 4.79 Å². The lowest BCUT2D eigenvalue weighted by Gasteiger charge is -2.04. The summed E-state index contributed by atoms with van der Waals surface area (Å²) in [6, 6.07) is 0. The Labute approximate surface area is 99.7 Å². The molecule has 2 nitrogen and oxygen atoms in total. The maximum Gasteiger partial charge on any atom is 0.306 e. The largest absolute Gasteiger partial charge is 0.481 e. The fraction of sp³-hybridized carbons (Fsp3) is 0.786. The van der Waals surface area contributed by atoms with Crippen molar-refractivity contribution in [2.45, 2.75) is 65.2 Å². The van der Waals surface area contributed by atoms with Crippen LogP contribution >= 0.6 is 0 Å². The van der Waals surface area contributed by atoms with Gasteiger partial charge in [0, 0.05) is 0 Å². The van der Waals surface area contributed by atoms with Crippen molar-refractivity contribution in [3.63, 3.8) is 0 Å². The highest BCUT2D eigenvalue weighted by Gasteiger charge is 2.08. The first kappa shape index (κ1) is 15.2. The van der Waals surface area contributed by atoms with E-state index in [-0.39, 0.29) is 5.92 Å². The molecule has 1 unspecified atom stereocenters. The smallest absolute Gasteiger partial charge is 0.306 e. The molecule has 0 aromatic heterocycles. The van der Waals surface area contributed by atoms with E-state index in [1.807, 2.05) is 0 Å². The summed E-state index contributed by atoms with van der Waals surface area (Å²) in [6.07, 6.45) is 13.6. The molecule has 94 valence electrons. The summed E-state index contributed by atoms with van der Waals surface area (Å²) in [4.78, 5) is 10.6. The van der Waals surface area contributed by atoms with E-state index in [9.17, 15) is 4.79 Å². The topological polar surface area (TPSA) is 37.3 Å². The number of hydrogen-bond acceptors (Lipinski definition) is 1. The van der Waals surface area contributed by atoms with E-state index >= 15 is 0 Å². The quantitative estimate of drug-likeness (QED) is 0.442. The molecule has 0 aliphatic carbocycles. The minimum absolute atomic E-state index is 0.176. The third-order valence-electron chi connectivity index (χ3n) is 2.80. The Morgan fingerprint density at radius 3 is 2.38 bits per heavy atom. The predicted octanol–water partition coefficient (Wildman–Crippen LogP) is 4.40. The summed E-state index contributed by atoms with van der Waals surface area (Å²) in [7, 11) is 0. The highest BCUT2D eigenvalue weighted by molar-refractivity contribution is 5.69. The van der Waals surface area contributed by atoms with E-state index in [0.717, 1.165) is 12.8 Å². The normalized spacial score (nSPS) is 13.1. The number of hydrogen-bond donors (Lipinski definition) is 1. The minimum atomic E-state index is -0.664. The standard InChI is InChI=1S/C14H26O2/c1-3-4-5-6-7-8-9-10-11-12-13(2)14(15)16/h5-6,13H,3-4,7-12H2,1-2H3,(H,15,16)/b6-5+. The second-order valence-corrected chi connectivity index (χ2v) is 4.49. The van der Waals surface area contributed by atoms with Crippen molar-refractivity contribution >= 4 is 5.97 Å². The highest BCUT2D eigenvalue weighted by atomic mass is 16.4. The first-order valence-electron chi connectivity index (χ1n) is 6.56. The van der Waals surface area contributed by atoms with Crippen LogP contribution in [0.2, 0.25) is 0 Å². The maximum atomic E-state index is 10.6. The summed E-state index contributed by atoms with van der Waals surface area (Å²) < 4.78 is 0. The average molecular weight is 226 g/mol. The molecular formula is C14H26O2. The zero-order chi connectivity index (χ0) is 12.2. The molecule has 0 bridgehead atoms. The van der Waals surface area contributed by atoms with Crippen molar-refractivity contribution in [1.82, 2.24) is 0 Å². The van der Waals surface area contributed by atoms with Crippen LogP contribution in [0.3, 0.4) is 0 Å². The van der Waals surface area contributed by atoms with Gasteiger partial charge in [-0.05, 0) is 25.7 Å². The number of unbranched alkanes of at least 4 members (excludes halogenated alkanes) is 5. The Balaban J connectivity index is 3.18. The number of allylic oxidation sites excluding steroid dienone is 2. The van der Waals surface area contributed by atoms with Gasteiger partial charge in [0.05, 0.1) is 5.92 Å². The van der Waals surface area contributed by atoms with E-state index < -0.39 is 5.97 Å². The molecule has 0 amide bonds. The first-order valence-corrected chi connectivity index (χ1v) is 6.56.